The highest BCUT2D eigenvalue weighted by atomic mass is 16.4. The summed E-state index contributed by atoms with van der Waals surface area (Å²) in [6.07, 6.45) is 0. The molecule has 0 aliphatic heterocycles. The van der Waals surface area contributed by atoms with Crippen LogP contribution < -0.4 is 0 Å². The molecule has 1 aromatic carbocycles. The predicted molar refractivity (Wildman–Crippen MR) is 112 cm³/mol. The Morgan fingerprint density at radius 2 is 1.76 bits per heavy atom. The number of aromatic nitrogens is 4. The average molecular weight is 388 g/mol. The van der Waals surface area contributed by atoms with E-state index in [1.807, 2.05) is 29.6 Å². The first-order valence-electron chi connectivity index (χ1n) is 9.59. The van der Waals surface area contributed by atoms with Crippen molar-refractivity contribution < 1.29 is 9.90 Å². The molecule has 0 amide bonds. The minimum absolute atomic E-state index is 0.0507. The molecule has 0 unspecified atom stereocenters. The quantitative estimate of drug-likeness (QED) is 0.557. The van der Waals surface area contributed by atoms with Gasteiger partial charge in [-0.2, -0.15) is 10.2 Å². The van der Waals surface area contributed by atoms with Crippen molar-refractivity contribution >= 4 is 11.5 Å². The molecule has 0 fully saturated rings. The second-order valence-corrected chi connectivity index (χ2v) is 8.34. The van der Waals surface area contributed by atoms with Crippen molar-refractivity contribution in [2.75, 3.05) is 0 Å². The lowest BCUT2D eigenvalue weighted by Gasteiger charge is -2.18. The number of rotatable bonds is 4. The van der Waals surface area contributed by atoms with Crippen LogP contribution in [0.3, 0.4) is 0 Å². The summed E-state index contributed by atoms with van der Waals surface area (Å²) in [6.45, 7) is 8.90. The Morgan fingerprint density at radius 1 is 1.03 bits per heavy atom. The molecule has 0 aliphatic rings. The number of pyridine rings is 1. The van der Waals surface area contributed by atoms with Gasteiger partial charge in [0.15, 0.2) is 5.69 Å². The zero-order valence-electron chi connectivity index (χ0n) is 17.0. The molecule has 0 radical (unpaired) electrons. The molecule has 1 N–H and O–H groups in total. The second-order valence-electron chi connectivity index (χ2n) is 8.34. The number of carboxylic acid groups (broad SMARTS) is 1. The Balaban J connectivity index is 1.70. The number of hydrogen-bond donors (Lipinski definition) is 1. The average Bonchev–Trinajstić information content (AvgIpc) is 3.26. The standard InChI is InChI=1S/C23H24N4O2/c1-15-12-21(22(28)29)24-26(15)14-19-7-5-6-18-13-20(25-27(18)19)16-8-10-17(11-9-16)23(2,3)4/h5-13H,14H2,1-4H3,(H,28,29). The van der Waals surface area contributed by atoms with Crippen molar-refractivity contribution in [1.29, 1.82) is 0 Å². The van der Waals surface area contributed by atoms with Gasteiger partial charge >= 0.3 is 5.97 Å². The summed E-state index contributed by atoms with van der Waals surface area (Å²) in [5.41, 5.74) is 6.14. The fraction of sp³-hybridized carbons (Fsp3) is 0.261. The normalized spacial score (nSPS) is 11.9. The molecule has 4 rings (SSSR count). The molecule has 6 heteroatoms. The van der Waals surface area contributed by atoms with Gasteiger partial charge in [-0.05, 0) is 42.2 Å². The smallest absolute Gasteiger partial charge is 0.356 e. The first kappa shape index (κ1) is 18.9. The molecule has 3 aromatic heterocycles. The summed E-state index contributed by atoms with van der Waals surface area (Å²) < 4.78 is 3.59. The third kappa shape index (κ3) is 3.66. The molecule has 0 atom stereocenters. The van der Waals surface area contributed by atoms with Crippen LogP contribution in [0.25, 0.3) is 16.8 Å². The molecule has 0 bridgehead atoms. The van der Waals surface area contributed by atoms with E-state index >= 15 is 0 Å². The van der Waals surface area contributed by atoms with Crippen LogP contribution in [0.4, 0.5) is 0 Å². The number of aryl methyl sites for hydroxylation is 1. The predicted octanol–water partition coefficient (Wildman–Crippen LogP) is 4.55. The minimum Gasteiger partial charge on any atom is -0.476 e. The maximum absolute atomic E-state index is 11.2. The third-order valence-corrected chi connectivity index (χ3v) is 5.12. The molecule has 0 saturated carbocycles. The highest BCUT2D eigenvalue weighted by Gasteiger charge is 2.15. The van der Waals surface area contributed by atoms with Gasteiger partial charge in [0.1, 0.15) is 0 Å². The lowest BCUT2D eigenvalue weighted by Crippen LogP contribution is -2.10. The van der Waals surface area contributed by atoms with Crippen molar-refractivity contribution in [3.63, 3.8) is 0 Å². The van der Waals surface area contributed by atoms with Gasteiger partial charge in [0.25, 0.3) is 0 Å². The summed E-state index contributed by atoms with van der Waals surface area (Å²) in [6, 6.07) is 18.1. The Labute approximate surface area is 169 Å². The van der Waals surface area contributed by atoms with Crippen molar-refractivity contribution in [2.45, 2.75) is 39.7 Å². The van der Waals surface area contributed by atoms with Gasteiger partial charge in [0, 0.05) is 11.3 Å². The van der Waals surface area contributed by atoms with E-state index in [4.69, 9.17) is 10.2 Å². The van der Waals surface area contributed by atoms with Crippen LogP contribution in [0.5, 0.6) is 0 Å². The number of carbonyl (C=O) groups is 1. The van der Waals surface area contributed by atoms with Crippen molar-refractivity contribution in [3.8, 4) is 11.3 Å². The van der Waals surface area contributed by atoms with Gasteiger partial charge in [-0.3, -0.25) is 4.68 Å². The lowest BCUT2D eigenvalue weighted by atomic mass is 9.86. The monoisotopic (exact) mass is 388 g/mol. The van der Waals surface area contributed by atoms with Gasteiger partial charge in [0.2, 0.25) is 0 Å². The SMILES string of the molecule is Cc1cc(C(=O)O)nn1Cc1cccc2cc(-c3ccc(C(C)(C)C)cc3)nn12. The van der Waals surface area contributed by atoms with Crippen molar-refractivity contribution in [2.24, 2.45) is 0 Å². The van der Waals surface area contributed by atoms with E-state index in [-0.39, 0.29) is 11.1 Å². The van der Waals surface area contributed by atoms with Crippen LogP contribution in [-0.4, -0.2) is 30.5 Å². The molecule has 6 nitrogen and oxygen atoms in total. The molecule has 148 valence electrons. The molecule has 0 aliphatic carbocycles. The van der Waals surface area contributed by atoms with Gasteiger partial charge < -0.3 is 5.11 Å². The van der Waals surface area contributed by atoms with Crippen LogP contribution in [0.15, 0.2) is 54.6 Å². The summed E-state index contributed by atoms with van der Waals surface area (Å²) in [5.74, 6) is -1.02. The van der Waals surface area contributed by atoms with E-state index in [0.29, 0.717) is 6.54 Å². The molecular formula is C23H24N4O2. The van der Waals surface area contributed by atoms with Gasteiger partial charge in [-0.15, -0.1) is 0 Å². The Kier molecular flexibility index (Phi) is 4.49. The highest BCUT2D eigenvalue weighted by molar-refractivity contribution is 5.85. The fourth-order valence-corrected chi connectivity index (χ4v) is 3.40. The van der Waals surface area contributed by atoms with E-state index < -0.39 is 5.97 Å². The largest absolute Gasteiger partial charge is 0.476 e. The van der Waals surface area contributed by atoms with Crippen LogP contribution in [-0.2, 0) is 12.0 Å². The van der Waals surface area contributed by atoms with E-state index in [1.165, 1.54) is 5.56 Å². The Morgan fingerprint density at radius 3 is 2.38 bits per heavy atom. The zero-order chi connectivity index (χ0) is 20.8. The summed E-state index contributed by atoms with van der Waals surface area (Å²) in [7, 11) is 0. The third-order valence-electron chi connectivity index (χ3n) is 5.12. The summed E-state index contributed by atoms with van der Waals surface area (Å²) in [5, 5.41) is 18.2. The molecule has 4 aromatic rings. The molecule has 0 saturated heterocycles. The number of fused-ring (bicyclic) bond motifs is 1. The first-order chi connectivity index (χ1) is 13.7. The molecule has 3 heterocycles. The van der Waals surface area contributed by atoms with E-state index in [9.17, 15) is 4.79 Å². The second kappa shape index (κ2) is 6.88. The van der Waals surface area contributed by atoms with Crippen LogP contribution in [0.2, 0.25) is 0 Å². The first-order valence-corrected chi connectivity index (χ1v) is 9.59. The zero-order valence-corrected chi connectivity index (χ0v) is 17.0. The van der Waals surface area contributed by atoms with Crippen LogP contribution >= 0.6 is 0 Å². The summed E-state index contributed by atoms with van der Waals surface area (Å²) >= 11 is 0. The van der Waals surface area contributed by atoms with Gasteiger partial charge in [0.05, 0.1) is 23.4 Å². The van der Waals surface area contributed by atoms with Crippen LogP contribution in [0, 0.1) is 6.92 Å². The lowest BCUT2D eigenvalue weighted by molar-refractivity contribution is 0.0689. The van der Waals surface area contributed by atoms with Crippen molar-refractivity contribution in [3.05, 3.63) is 77.2 Å². The number of nitrogens with zero attached hydrogens (tertiary/aromatic N) is 4. The number of carboxylic acids is 1. The number of aromatic carboxylic acids is 1. The maximum Gasteiger partial charge on any atom is 0.356 e. The fourth-order valence-electron chi connectivity index (χ4n) is 3.40. The Bertz CT molecular complexity index is 1190. The molecular weight excluding hydrogens is 364 g/mol. The number of benzene rings is 1. The van der Waals surface area contributed by atoms with Gasteiger partial charge in [-0.25, -0.2) is 9.31 Å². The van der Waals surface area contributed by atoms with E-state index in [2.05, 4.69) is 56.2 Å². The topological polar surface area (TPSA) is 72.4 Å². The molecule has 29 heavy (non-hydrogen) atoms. The maximum atomic E-state index is 11.2. The van der Waals surface area contributed by atoms with Gasteiger partial charge in [-0.1, -0.05) is 51.1 Å². The number of hydrogen-bond acceptors (Lipinski definition) is 3. The Hall–Kier alpha value is -3.41. The van der Waals surface area contributed by atoms with E-state index in [1.54, 1.807) is 10.7 Å². The summed E-state index contributed by atoms with van der Waals surface area (Å²) in [4.78, 5) is 11.2. The molecule has 0 spiro atoms. The van der Waals surface area contributed by atoms with E-state index in [0.717, 1.165) is 28.2 Å². The minimum atomic E-state index is -1.02. The highest BCUT2D eigenvalue weighted by Crippen LogP contribution is 2.26. The van der Waals surface area contributed by atoms with Crippen molar-refractivity contribution in [1.82, 2.24) is 19.4 Å². The van der Waals surface area contributed by atoms with Crippen LogP contribution in [0.1, 0.15) is 48.2 Å².